The number of hydrogen-bond acceptors (Lipinski definition) is 8. The third kappa shape index (κ3) is 6.34. The molecule has 1 aliphatic heterocycles. The monoisotopic (exact) mass is 525 g/mol. The van der Waals surface area contributed by atoms with E-state index in [0.717, 1.165) is 0 Å². The first-order valence-corrected chi connectivity index (χ1v) is 11.8. The molecule has 0 aliphatic carbocycles. The molecule has 1 saturated heterocycles. The summed E-state index contributed by atoms with van der Waals surface area (Å²) in [6, 6.07) is 9.50. The molecule has 1 aliphatic rings. The molecule has 2 aromatic carbocycles. The summed E-state index contributed by atoms with van der Waals surface area (Å²) < 4.78 is 19.1. The molecular formula is C26H25ClFN5O4. The van der Waals surface area contributed by atoms with Crippen LogP contribution < -0.4 is 15.4 Å². The number of ether oxygens (including phenoxy) is 1. The highest BCUT2D eigenvalue weighted by atomic mass is 35.5. The summed E-state index contributed by atoms with van der Waals surface area (Å²) in [6.07, 6.45) is 5.01. The lowest BCUT2D eigenvalue weighted by Gasteiger charge is -2.33. The van der Waals surface area contributed by atoms with Crippen molar-refractivity contribution in [3.05, 3.63) is 65.1 Å². The maximum Gasteiger partial charge on any atom is 0.248 e. The van der Waals surface area contributed by atoms with Crippen LogP contribution in [0.3, 0.4) is 0 Å². The Kier molecular flexibility index (Phi) is 7.90. The molecule has 0 bridgehead atoms. The van der Waals surface area contributed by atoms with Crippen molar-refractivity contribution >= 4 is 45.5 Å². The Hall–Kier alpha value is -3.75. The second kappa shape index (κ2) is 11.1. The van der Waals surface area contributed by atoms with Gasteiger partial charge in [0.25, 0.3) is 0 Å². The van der Waals surface area contributed by atoms with Gasteiger partial charge in [0.2, 0.25) is 5.91 Å². The van der Waals surface area contributed by atoms with Crippen LogP contribution in [0.1, 0.15) is 18.4 Å². The van der Waals surface area contributed by atoms with Crippen LogP contribution in [0, 0.1) is 17.1 Å². The fraction of sp³-hybridized carbons (Fsp3) is 0.269. The topological polar surface area (TPSA) is 131 Å². The minimum atomic E-state index is -1.62. The average Bonchev–Trinajstić information content (AvgIpc) is 2.87. The second-order valence-corrected chi connectivity index (χ2v) is 9.06. The third-order valence-corrected chi connectivity index (χ3v) is 6.34. The smallest absolute Gasteiger partial charge is 0.248 e. The first kappa shape index (κ1) is 26.3. The zero-order chi connectivity index (χ0) is 26.6. The van der Waals surface area contributed by atoms with Gasteiger partial charge < -0.3 is 25.6 Å². The zero-order valence-electron chi connectivity index (χ0n) is 20.0. The van der Waals surface area contributed by atoms with E-state index in [1.54, 1.807) is 18.2 Å². The van der Waals surface area contributed by atoms with Gasteiger partial charge in [0.1, 0.15) is 17.6 Å². The summed E-state index contributed by atoms with van der Waals surface area (Å²) >= 11 is 5.91. The summed E-state index contributed by atoms with van der Waals surface area (Å²) in [4.78, 5) is 19.0. The number of carbonyl (C=O) groups excluding carboxylic acids is 1. The van der Waals surface area contributed by atoms with E-state index in [2.05, 4.69) is 21.7 Å². The number of benzene rings is 2. The van der Waals surface area contributed by atoms with Crippen molar-refractivity contribution in [3.63, 3.8) is 0 Å². The van der Waals surface area contributed by atoms with Gasteiger partial charge in [-0.05, 0) is 24.3 Å². The van der Waals surface area contributed by atoms with E-state index in [4.69, 9.17) is 16.3 Å². The molecule has 0 spiro atoms. The largest absolute Gasteiger partial charge is 0.494 e. The minimum absolute atomic E-state index is 0.0696. The Morgan fingerprint density at radius 3 is 2.76 bits per heavy atom. The number of nitriles is 1. The van der Waals surface area contributed by atoms with Crippen LogP contribution in [-0.4, -0.2) is 58.5 Å². The van der Waals surface area contributed by atoms with Gasteiger partial charge in [-0.2, -0.15) is 5.26 Å². The molecule has 0 atom stereocenters. The number of aliphatic hydroxyl groups is 2. The summed E-state index contributed by atoms with van der Waals surface area (Å²) in [5.41, 5.74) is 2.00. The predicted molar refractivity (Wildman–Crippen MR) is 138 cm³/mol. The summed E-state index contributed by atoms with van der Waals surface area (Å²) in [7, 11) is 1.47. The van der Waals surface area contributed by atoms with Crippen LogP contribution in [0.15, 0.2) is 48.7 Å². The number of fused-ring (bicyclic) bond motifs is 1. The molecule has 4 rings (SSSR count). The lowest BCUT2D eigenvalue weighted by atomic mass is 10.0. The number of piperidine rings is 1. The van der Waals surface area contributed by atoms with Gasteiger partial charge in [0, 0.05) is 61.9 Å². The number of methoxy groups -OCH3 is 1. The van der Waals surface area contributed by atoms with E-state index in [9.17, 15) is 24.7 Å². The molecule has 1 fully saturated rings. The van der Waals surface area contributed by atoms with Gasteiger partial charge in [-0.25, -0.2) is 4.39 Å². The number of halogens is 2. The lowest BCUT2D eigenvalue weighted by Crippen LogP contribution is -2.44. The van der Waals surface area contributed by atoms with Crippen molar-refractivity contribution in [3.8, 4) is 11.8 Å². The minimum Gasteiger partial charge on any atom is -0.494 e. The third-order valence-electron chi connectivity index (χ3n) is 6.05. The number of anilines is 3. The van der Waals surface area contributed by atoms with Crippen LogP contribution in [0.25, 0.3) is 10.9 Å². The van der Waals surface area contributed by atoms with Crippen molar-refractivity contribution in [1.82, 2.24) is 9.88 Å². The molecule has 1 amide bonds. The Morgan fingerprint density at radius 2 is 2.08 bits per heavy atom. The van der Waals surface area contributed by atoms with Crippen LogP contribution >= 0.6 is 11.6 Å². The fourth-order valence-corrected chi connectivity index (χ4v) is 4.18. The molecule has 0 unspecified atom stereocenters. The Balaban J connectivity index is 1.58. The highest BCUT2D eigenvalue weighted by Crippen LogP contribution is 2.36. The maximum absolute atomic E-state index is 13.6. The number of nitrogens with zero attached hydrogens (tertiary/aromatic N) is 3. The quantitative estimate of drug-likeness (QED) is 0.270. The summed E-state index contributed by atoms with van der Waals surface area (Å²) in [5, 5.41) is 35.3. The van der Waals surface area contributed by atoms with Crippen LogP contribution in [-0.2, 0) is 4.79 Å². The van der Waals surface area contributed by atoms with Crippen molar-refractivity contribution in [1.29, 1.82) is 5.26 Å². The van der Waals surface area contributed by atoms with Crippen LogP contribution in [0.5, 0.6) is 5.75 Å². The number of aromatic nitrogens is 1. The van der Waals surface area contributed by atoms with Gasteiger partial charge >= 0.3 is 0 Å². The molecule has 11 heteroatoms. The number of amides is 1. The molecular weight excluding hydrogens is 501 g/mol. The fourth-order valence-electron chi connectivity index (χ4n) is 4.00. The molecule has 3 aromatic rings. The zero-order valence-corrected chi connectivity index (χ0v) is 20.7. The standard InChI is InChI=1S/C26H25ClFN5O4/c1-37-23-13-21-18(25(16(14-29)15-30-21)31-17-4-5-20(28)19(27)11-17)12-22(23)32-24(34)3-2-8-33-9-6-26(35,36)7-10-33/h2-5,11-13,15,35-36H,6-10H2,1H3,(H,30,31)(H,32,34). The number of pyridine rings is 1. The highest BCUT2D eigenvalue weighted by Gasteiger charge is 2.28. The van der Waals surface area contributed by atoms with Gasteiger partial charge in [-0.3, -0.25) is 14.7 Å². The van der Waals surface area contributed by atoms with Crippen LogP contribution in [0.4, 0.5) is 21.5 Å². The van der Waals surface area contributed by atoms with Crippen molar-refractivity contribution in [2.45, 2.75) is 18.6 Å². The first-order chi connectivity index (χ1) is 17.7. The van der Waals surface area contributed by atoms with Crippen LogP contribution in [0.2, 0.25) is 5.02 Å². The van der Waals surface area contributed by atoms with E-state index in [1.807, 2.05) is 4.90 Å². The average molecular weight is 526 g/mol. The van der Waals surface area contributed by atoms with Crippen molar-refractivity contribution < 1.29 is 24.1 Å². The number of nitrogens with one attached hydrogen (secondary N) is 2. The van der Waals surface area contributed by atoms with E-state index in [1.165, 1.54) is 37.6 Å². The Bertz CT molecular complexity index is 1400. The van der Waals surface area contributed by atoms with Crippen molar-refractivity contribution in [2.24, 2.45) is 0 Å². The SMILES string of the molecule is COc1cc2ncc(C#N)c(Nc3ccc(F)c(Cl)c3)c2cc1NC(=O)C=CCN1CCC(O)(O)CC1. The molecule has 2 heterocycles. The number of rotatable bonds is 7. The van der Waals surface area contributed by atoms with Gasteiger partial charge in [0.15, 0.2) is 5.79 Å². The molecule has 9 nitrogen and oxygen atoms in total. The number of carbonyl (C=O) groups is 1. The Labute approximate surface area is 217 Å². The van der Waals surface area contributed by atoms with E-state index >= 15 is 0 Å². The first-order valence-electron chi connectivity index (χ1n) is 11.5. The molecule has 4 N–H and O–H groups in total. The van der Waals surface area contributed by atoms with Gasteiger partial charge in [-0.1, -0.05) is 17.7 Å². The summed E-state index contributed by atoms with van der Waals surface area (Å²) in [6.45, 7) is 1.52. The molecule has 1 aromatic heterocycles. The summed E-state index contributed by atoms with van der Waals surface area (Å²) in [5.74, 6) is -2.20. The lowest BCUT2D eigenvalue weighted by molar-refractivity contribution is -0.188. The maximum atomic E-state index is 13.6. The van der Waals surface area contributed by atoms with Gasteiger partial charge in [-0.15, -0.1) is 0 Å². The normalized spacial score (nSPS) is 15.5. The van der Waals surface area contributed by atoms with E-state index in [-0.39, 0.29) is 23.4 Å². The van der Waals surface area contributed by atoms with Gasteiger partial charge in [0.05, 0.1) is 34.6 Å². The molecule has 37 heavy (non-hydrogen) atoms. The molecule has 0 saturated carbocycles. The van der Waals surface area contributed by atoms with Crippen molar-refractivity contribution in [2.75, 3.05) is 37.4 Å². The van der Waals surface area contributed by atoms with E-state index < -0.39 is 17.5 Å². The highest BCUT2D eigenvalue weighted by molar-refractivity contribution is 6.31. The predicted octanol–water partition coefficient (Wildman–Crippen LogP) is 3.92. The Morgan fingerprint density at radius 1 is 1.32 bits per heavy atom. The molecule has 0 radical (unpaired) electrons. The van der Waals surface area contributed by atoms with E-state index in [0.29, 0.717) is 53.3 Å². The second-order valence-electron chi connectivity index (χ2n) is 8.66. The number of likely N-dealkylation sites (tertiary alicyclic amines) is 1. The number of hydrogen-bond donors (Lipinski definition) is 4. The molecule has 192 valence electrons.